The van der Waals surface area contributed by atoms with Crippen molar-refractivity contribution in [2.75, 3.05) is 6.61 Å². The monoisotopic (exact) mass is 298 g/mol. The lowest BCUT2D eigenvalue weighted by atomic mass is 10.1. The number of rotatable bonds is 6. The van der Waals surface area contributed by atoms with E-state index in [-0.39, 0.29) is 17.7 Å². The van der Waals surface area contributed by atoms with Gasteiger partial charge in [-0.2, -0.15) is 10.2 Å². The number of nitrogens with zero attached hydrogens (tertiary/aromatic N) is 4. The van der Waals surface area contributed by atoms with Gasteiger partial charge in [-0.05, 0) is 19.4 Å². The average Bonchev–Trinajstić information content (AvgIpc) is 3.07. The first-order chi connectivity index (χ1) is 10.6. The van der Waals surface area contributed by atoms with Gasteiger partial charge in [0.1, 0.15) is 5.69 Å². The molecule has 1 atom stereocenters. The number of carbonyl (C=O) groups is 1. The second kappa shape index (κ2) is 5.71. The minimum Gasteiger partial charge on any atom is -0.461 e. The number of imidazole rings is 1. The zero-order chi connectivity index (χ0) is 15.6. The SMILES string of the molecule is CC(c1ccccc1)n1cncc1C(=O)OCCC1(C)N=N1. The summed E-state index contributed by atoms with van der Waals surface area (Å²) in [6.45, 7) is 4.23. The third kappa shape index (κ3) is 3.05. The van der Waals surface area contributed by atoms with E-state index in [0.717, 1.165) is 5.56 Å². The summed E-state index contributed by atoms with van der Waals surface area (Å²) in [5.74, 6) is -0.371. The fourth-order valence-corrected chi connectivity index (χ4v) is 2.26. The van der Waals surface area contributed by atoms with Crippen molar-refractivity contribution in [2.45, 2.75) is 32.0 Å². The predicted molar refractivity (Wildman–Crippen MR) is 80.6 cm³/mol. The Hall–Kier alpha value is -2.50. The maximum absolute atomic E-state index is 12.2. The van der Waals surface area contributed by atoms with Crippen LogP contribution in [0.15, 0.2) is 53.1 Å². The lowest BCUT2D eigenvalue weighted by Gasteiger charge is -2.16. The van der Waals surface area contributed by atoms with Crippen LogP contribution in [-0.2, 0) is 4.74 Å². The molecule has 6 nitrogen and oxygen atoms in total. The molecule has 0 saturated heterocycles. The van der Waals surface area contributed by atoms with Crippen LogP contribution in [-0.4, -0.2) is 27.8 Å². The summed E-state index contributed by atoms with van der Waals surface area (Å²) in [7, 11) is 0. The highest BCUT2D eigenvalue weighted by molar-refractivity contribution is 5.87. The van der Waals surface area contributed by atoms with Crippen molar-refractivity contribution in [3.05, 3.63) is 54.1 Å². The largest absolute Gasteiger partial charge is 0.461 e. The summed E-state index contributed by atoms with van der Waals surface area (Å²) in [5, 5.41) is 7.79. The molecule has 3 rings (SSSR count). The van der Waals surface area contributed by atoms with E-state index in [1.54, 1.807) is 6.33 Å². The third-order valence-corrected chi connectivity index (χ3v) is 3.82. The summed E-state index contributed by atoms with van der Waals surface area (Å²) < 4.78 is 7.13. The van der Waals surface area contributed by atoms with Crippen molar-refractivity contribution in [3.8, 4) is 0 Å². The number of hydrogen-bond donors (Lipinski definition) is 0. The Labute approximate surface area is 128 Å². The van der Waals surface area contributed by atoms with Gasteiger partial charge in [-0.15, -0.1) is 0 Å². The Balaban J connectivity index is 1.67. The Morgan fingerprint density at radius 2 is 2.05 bits per heavy atom. The number of benzene rings is 1. The van der Waals surface area contributed by atoms with Crippen LogP contribution in [0, 0.1) is 0 Å². The van der Waals surface area contributed by atoms with Gasteiger partial charge in [-0.1, -0.05) is 30.3 Å². The highest BCUT2D eigenvalue weighted by Gasteiger charge is 2.33. The van der Waals surface area contributed by atoms with E-state index in [1.165, 1.54) is 6.20 Å². The first-order valence-corrected chi connectivity index (χ1v) is 7.27. The maximum atomic E-state index is 12.2. The smallest absolute Gasteiger partial charge is 0.356 e. The van der Waals surface area contributed by atoms with Crippen LogP contribution in [0.1, 0.15) is 42.4 Å². The Morgan fingerprint density at radius 1 is 1.32 bits per heavy atom. The third-order valence-electron chi connectivity index (χ3n) is 3.82. The van der Waals surface area contributed by atoms with Crippen molar-refractivity contribution < 1.29 is 9.53 Å². The van der Waals surface area contributed by atoms with Gasteiger partial charge >= 0.3 is 5.97 Å². The summed E-state index contributed by atoms with van der Waals surface area (Å²) >= 11 is 0. The highest BCUT2D eigenvalue weighted by Crippen LogP contribution is 2.30. The molecule has 1 aromatic heterocycles. The molecule has 0 saturated carbocycles. The Morgan fingerprint density at radius 3 is 2.73 bits per heavy atom. The van der Waals surface area contributed by atoms with Crippen molar-refractivity contribution in [1.29, 1.82) is 0 Å². The quantitative estimate of drug-likeness (QED) is 0.769. The number of aromatic nitrogens is 2. The van der Waals surface area contributed by atoms with Crippen LogP contribution in [0.2, 0.25) is 0 Å². The zero-order valence-corrected chi connectivity index (χ0v) is 12.6. The minimum absolute atomic E-state index is 0.0113. The predicted octanol–water partition coefficient (Wildman–Crippen LogP) is 3.22. The number of hydrogen-bond acceptors (Lipinski definition) is 5. The van der Waals surface area contributed by atoms with Gasteiger partial charge in [-0.3, -0.25) is 0 Å². The van der Waals surface area contributed by atoms with Crippen molar-refractivity contribution in [2.24, 2.45) is 10.2 Å². The van der Waals surface area contributed by atoms with Crippen LogP contribution in [0.25, 0.3) is 0 Å². The standard InChI is InChI=1S/C16H18N4O2/c1-12(13-6-4-3-5-7-13)20-11-17-10-14(20)15(21)22-9-8-16(2)18-19-16/h3-7,10-12H,8-9H2,1-2H3. The molecular weight excluding hydrogens is 280 g/mol. The van der Waals surface area contributed by atoms with Crippen LogP contribution >= 0.6 is 0 Å². The fourth-order valence-electron chi connectivity index (χ4n) is 2.26. The molecule has 1 aliphatic heterocycles. The van der Waals surface area contributed by atoms with Gasteiger partial charge in [0.25, 0.3) is 0 Å². The van der Waals surface area contributed by atoms with Crippen molar-refractivity contribution in [3.63, 3.8) is 0 Å². The molecule has 0 fully saturated rings. The van der Waals surface area contributed by atoms with E-state index in [4.69, 9.17) is 4.74 Å². The molecule has 0 bridgehead atoms. The van der Waals surface area contributed by atoms with Gasteiger partial charge in [0.2, 0.25) is 0 Å². The van der Waals surface area contributed by atoms with Gasteiger partial charge in [0.15, 0.2) is 5.66 Å². The van der Waals surface area contributed by atoms with Gasteiger partial charge < -0.3 is 9.30 Å². The van der Waals surface area contributed by atoms with E-state index >= 15 is 0 Å². The topological polar surface area (TPSA) is 68.8 Å². The number of carbonyl (C=O) groups excluding carboxylic acids is 1. The van der Waals surface area contributed by atoms with Crippen molar-refractivity contribution in [1.82, 2.24) is 9.55 Å². The minimum atomic E-state index is -0.371. The molecule has 2 heterocycles. The second-order valence-electron chi connectivity index (χ2n) is 5.58. The number of esters is 1. The lowest BCUT2D eigenvalue weighted by Crippen LogP contribution is -2.17. The van der Waals surface area contributed by atoms with E-state index in [2.05, 4.69) is 15.2 Å². The van der Waals surface area contributed by atoms with E-state index in [9.17, 15) is 4.79 Å². The molecule has 22 heavy (non-hydrogen) atoms. The molecule has 114 valence electrons. The zero-order valence-electron chi connectivity index (χ0n) is 12.6. The van der Waals surface area contributed by atoms with Crippen LogP contribution in [0.5, 0.6) is 0 Å². The molecule has 0 aliphatic carbocycles. The summed E-state index contributed by atoms with van der Waals surface area (Å²) in [6, 6.07) is 9.98. The maximum Gasteiger partial charge on any atom is 0.356 e. The van der Waals surface area contributed by atoms with Gasteiger partial charge in [0.05, 0.1) is 25.2 Å². The second-order valence-corrected chi connectivity index (χ2v) is 5.58. The van der Waals surface area contributed by atoms with Crippen LogP contribution in [0.3, 0.4) is 0 Å². The molecule has 1 aliphatic rings. The van der Waals surface area contributed by atoms with Crippen LogP contribution < -0.4 is 0 Å². The first-order valence-electron chi connectivity index (χ1n) is 7.27. The van der Waals surface area contributed by atoms with Gasteiger partial charge in [0, 0.05) is 6.42 Å². The first kappa shape index (κ1) is 14.4. The Kier molecular flexibility index (Phi) is 3.75. The molecule has 1 aromatic carbocycles. The molecule has 0 N–H and O–H groups in total. The summed E-state index contributed by atoms with van der Waals surface area (Å²) in [6.07, 6.45) is 3.80. The number of ether oxygens (including phenoxy) is 1. The summed E-state index contributed by atoms with van der Waals surface area (Å²) in [4.78, 5) is 16.3. The average molecular weight is 298 g/mol. The molecule has 1 unspecified atom stereocenters. The fraction of sp³-hybridized carbons (Fsp3) is 0.375. The van der Waals surface area contributed by atoms with E-state index < -0.39 is 0 Å². The summed E-state index contributed by atoms with van der Waals surface area (Å²) in [5.41, 5.74) is 1.21. The van der Waals surface area contributed by atoms with Crippen LogP contribution in [0.4, 0.5) is 0 Å². The van der Waals surface area contributed by atoms with Crippen molar-refractivity contribution >= 4 is 5.97 Å². The van der Waals surface area contributed by atoms with E-state index in [0.29, 0.717) is 18.7 Å². The molecule has 6 heteroatoms. The molecular formula is C16H18N4O2. The van der Waals surface area contributed by atoms with E-state index in [1.807, 2.05) is 48.7 Å². The molecule has 0 spiro atoms. The highest BCUT2D eigenvalue weighted by atomic mass is 16.5. The van der Waals surface area contributed by atoms with Gasteiger partial charge in [-0.25, -0.2) is 9.78 Å². The lowest BCUT2D eigenvalue weighted by molar-refractivity contribution is 0.0476. The Bertz CT molecular complexity index is 687. The molecule has 2 aromatic rings. The molecule has 0 radical (unpaired) electrons. The molecule has 0 amide bonds. The normalized spacial score (nSPS) is 16.3.